The van der Waals surface area contributed by atoms with E-state index in [9.17, 15) is 4.79 Å². The lowest BCUT2D eigenvalue weighted by atomic mass is 10.1. The first-order valence-corrected chi connectivity index (χ1v) is 11.9. The second kappa shape index (κ2) is 10.4. The summed E-state index contributed by atoms with van der Waals surface area (Å²) in [6.45, 7) is 6.25. The first kappa shape index (κ1) is 22.6. The van der Waals surface area contributed by atoms with Gasteiger partial charge in [0.25, 0.3) is 5.91 Å². The van der Waals surface area contributed by atoms with Gasteiger partial charge in [0.1, 0.15) is 0 Å². The van der Waals surface area contributed by atoms with Crippen LogP contribution in [0.15, 0.2) is 94.9 Å². The van der Waals surface area contributed by atoms with E-state index >= 15 is 0 Å². The van der Waals surface area contributed by atoms with Crippen molar-refractivity contribution in [2.45, 2.75) is 31.4 Å². The number of carbonyl (C=O) groups excluding carboxylic acids is 1. The molecule has 4 aromatic rings. The number of aromatic nitrogens is 1. The van der Waals surface area contributed by atoms with Crippen LogP contribution >= 0.6 is 11.8 Å². The Labute approximate surface area is 199 Å². The lowest BCUT2D eigenvalue weighted by Crippen LogP contribution is -2.17. The Morgan fingerprint density at radius 2 is 1.64 bits per heavy atom. The van der Waals surface area contributed by atoms with Crippen molar-refractivity contribution in [3.05, 3.63) is 119 Å². The first-order valence-electron chi connectivity index (χ1n) is 10.9. The smallest absolute Gasteiger partial charge is 0.271 e. The van der Waals surface area contributed by atoms with Gasteiger partial charge in [-0.05, 0) is 68.3 Å². The Hall–Kier alpha value is -3.57. The number of hydrazone groups is 1. The van der Waals surface area contributed by atoms with Crippen LogP contribution in [0.3, 0.4) is 0 Å². The largest absolute Gasteiger partial charge is 0.318 e. The number of carbonyl (C=O) groups is 1. The second-order valence-corrected chi connectivity index (χ2v) is 8.99. The lowest BCUT2D eigenvalue weighted by molar-refractivity contribution is 0.0955. The third-order valence-electron chi connectivity index (χ3n) is 5.56. The number of para-hydroxylation sites is 1. The van der Waals surface area contributed by atoms with E-state index < -0.39 is 0 Å². The van der Waals surface area contributed by atoms with Crippen molar-refractivity contribution < 1.29 is 4.79 Å². The monoisotopic (exact) mass is 453 g/mol. The van der Waals surface area contributed by atoms with Crippen LogP contribution in [0, 0.1) is 20.8 Å². The van der Waals surface area contributed by atoms with Crippen molar-refractivity contribution in [2.75, 3.05) is 0 Å². The molecule has 0 spiro atoms. The summed E-state index contributed by atoms with van der Waals surface area (Å²) in [5, 5.41) is 4.21. The number of nitrogens with zero attached hydrogens (tertiary/aromatic N) is 2. The van der Waals surface area contributed by atoms with Crippen molar-refractivity contribution in [1.29, 1.82) is 0 Å². The van der Waals surface area contributed by atoms with E-state index in [-0.39, 0.29) is 5.91 Å². The van der Waals surface area contributed by atoms with Gasteiger partial charge in [-0.1, -0.05) is 48.5 Å². The standard InChI is InChI=1S/C28H27N3OS/c1-20-9-7-8-12-27(20)31-21(2)17-25(22(31)3)18-29-30-28(32)24-15-13-23(14-16-24)19-33-26-10-5-4-6-11-26/h4-18H,19H2,1-3H3,(H,30,32)/b29-18-. The average Bonchev–Trinajstić information content (AvgIpc) is 3.12. The van der Waals surface area contributed by atoms with Crippen molar-refractivity contribution in [2.24, 2.45) is 5.10 Å². The van der Waals surface area contributed by atoms with E-state index in [1.807, 2.05) is 54.6 Å². The van der Waals surface area contributed by atoms with Gasteiger partial charge in [-0.15, -0.1) is 11.8 Å². The van der Waals surface area contributed by atoms with Crippen LogP contribution in [0.25, 0.3) is 5.69 Å². The number of thioether (sulfide) groups is 1. The number of hydrogen-bond acceptors (Lipinski definition) is 3. The van der Waals surface area contributed by atoms with E-state index in [2.05, 4.69) is 66.2 Å². The molecule has 0 unspecified atom stereocenters. The summed E-state index contributed by atoms with van der Waals surface area (Å²) in [5.41, 5.74) is 9.96. The Morgan fingerprint density at radius 1 is 0.939 bits per heavy atom. The summed E-state index contributed by atoms with van der Waals surface area (Å²) in [5.74, 6) is 0.641. The van der Waals surface area contributed by atoms with Crippen LogP contribution in [-0.4, -0.2) is 16.7 Å². The SMILES string of the molecule is Cc1ccccc1-n1c(C)cc(/C=N\NC(=O)c2ccc(CSc3ccccc3)cc2)c1C. The topological polar surface area (TPSA) is 46.4 Å². The molecule has 0 fully saturated rings. The maximum Gasteiger partial charge on any atom is 0.271 e. The van der Waals surface area contributed by atoms with Gasteiger partial charge in [-0.2, -0.15) is 5.10 Å². The van der Waals surface area contributed by atoms with Gasteiger partial charge in [-0.3, -0.25) is 4.79 Å². The van der Waals surface area contributed by atoms with Gasteiger partial charge in [-0.25, -0.2) is 5.43 Å². The minimum Gasteiger partial charge on any atom is -0.318 e. The van der Waals surface area contributed by atoms with Crippen LogP contribution in [-0.2, 0) is 5.75 Å². The molecule has 0 saturated carbocycles. The Morgan fingerprint density at radius 3 is 2.36 bits per heavy atom. The highest BCUT2D eigenvalue weighted by atomic mass is 32.2. The summed E-state index contributed by atoms with van der Waals surface area (Å²) in [4.78, 5) is 13.7. The molecule has 0 radical (unpaired) electrons. The van der Waals surface area contributed by atoms with E-state index in [0.29, 0.717) is 5.56 Å². The lowest BCUT2D eigenvalue weighted by Gasteiger charge is -2.12. The minimum atomic E-state index is -0.221. The summed E-state index contributed by atoms with van der Waals surface area (Å²) >= 11 is 1.78. The quantitative estimate of drug-likeness (QED) is 0.198. The molecule has 3 aromatic carbocycles. The number of hydrogen-bond donors (Lipinski definition) is 1. The van der Waals surface area contributed by atoms with Crippen LogP contribution in [0.1, 0.15) is 38.4 Å². The number of aryl methyl sites for hydroxylation is 2. The van der Waals surface area contributed by atoms with Gasteiger partial charge in [0.05, 0.1) is 6.21 Å². The van der Waals surface area contributed by atoms with E-state index in [0.717, 1.165) is 28.4 Å². The van der Waals surface area contributed by atoms with Crippen molar-refractivity contribution >= 4 is 23.9 Å². The predicted molar refractivity (Wildman–Crippen MR) is 137 cm³/mol. The minimum absolute atomic E-state index is 0.221. The van der Waals surface area contributed by atoms with Gasteiger partial charge in [0.15, 0.2) is 0 Å². The molecule has 1 aromatic heterocycles. The molecule has 0 bridgehead atoms. The molecule has 1 N–H and O–H groups in total. The average molecular weight is 454 g/mol. The van der Waals surface area contributed by atoms with Gasteiger partial charge in [0, 0.05) is 38.9 Å². The molecule has 1 amide bonds. The number of rotatable bonds is 7. The summed E-state index contributed by atoms with van der Waals surface area (Å²) in [6, 6.07) is 28.3. The van der Waals surface area contributed by atoms with Gasteiger partial charge >= 0.3 is 0 Å². The van der Waals surface area contributed by atoms with Crippen LogP contribution in [0.2, 0.25) is 0 Å². The van der Waals surface area contributed by atoms with Gasteiger partial charge in [0.2, 0.25) is 0 Å². The maximum absolute atomic E-state index is 12.5. The van der Waals surface area contributed by atoms with Crippen molar-refractivity contribution in [3.8, 4) is 5.69 Å². The zero-order valence-electron chi connectivity index (χ0n) is 19.1. The highest BCUT2D eigenvalue weighted by Crippen LogP contribution is 2.23. The third-order valence-corrected chi connectivity index (χ3v) is 6.64. The highest BCUT2D eigenvalue weighted by Gasteiger charge is 2.11. The molecule has 1 heterocycles. The fourth-order valence-electron chi connectivity index (χ4n) is 3.76. The molecule has 4 nitrogen and oxygen atoms in total. The summed E-state index contributed by atoms with van der Waals surface area (Å²) < 4.78 is 2.21. The third kappa shape index (κ3) is 5.44. The number of benzene rings is 3. The molecule has 0 saturated heterocycles. The second-order valence-electron chi connectivity index (χ2n) is 7.95. The van der Waals surface area contributed by atoms with Crippen LogP contribution in [0.5, 0.6) is 0 Å². The molecular formula is C28H27N3OS. The van der Waals surface area contributed by atoms with E-state index in [1.54, 1.807) is 18.0 Å². The number of nitrogens with one attached hydrogen (secondary N) is 1. The molecule has 0 atom stereocenters. The Balaban J connectivity index is 1.38. The summed E-state index contributed by atoms with van der Waals surface area (Å²) in [7, 11) is 0. The molecule has 0 aliphatic carbocycles. The molecule has 0 aliphatic rings. The molecular weight excluding hydrogens is 426 g/mol. The van der Waals surface area contributed by atoms with Crippen molar-refractivity contribution in [1.82, 2.24) is 9.99 Å². The summed E-state index contributed by atoms with van der Waals surface area (Å²) in [6.07, 6.45) is 1.71. The highest BCUT2D eigenvalue weighted by molar-refractivity contribution is 7.98. The van der Waals surface area contributed by atoms with Crippen molar-refractivity contribution in [3.63, 3.8) is 0 Å². The van der Waals surface area contributed by atoms with E-state index in [1.165, 1.54) is 16.0 Å². The molecule has 0 aliphatic heterocycles. The zero-order chi connectivity index (χ0) is 23.2. The molecule has 166 valence electrons. The maximum atomic E-state index is 12.5. The first-order chi connectivity index (χ1) is 16.0. The van der Waals surface area contributed by atoms with E-state index in [4.69, 9.17) is 0 Å². The Kier molecular flexibility index (Phi) is 7.10. The van der Waals surface area contributed by atoms with Crippen LogP contribution < -0.4 is 5.43 Å². The van der Waals surface area contributed by atoms with Crippen LogP contribution in [0.4, 0.5) is 0 Å². The fourth-order valence-corrected chi connectivity index (χ4v) is 4.64. The molecule has 4 rings (SSSR count). The Bertz CT molecular complexity index is 1270. The zero-order valence-corrected chi connectivity index (χ0v) is 19.9. The number of amides is 1. The normalized spacial score (nSPS) is 11.1. The molecule has 5 heteroatoms. The molecule has 33 heavy (non-hydrogen) atoms. The van der Waals surface area contributed by atoms with Gasteiger partial charge < -0.3 is 4.57 Å². The fraction of sp³-hybridized carbons (Fsp3) is 0.143. The predicted octanol–water partition coefficient (Wildman–Crippen LogP) is 6.46.